The third-order valence-corrected chi connectivity index (χ3v) is 7.82. The van der Waals surface area contributed by atoms with E-state index in [2.05, 4.69) is 0 Å². The summed E-state index contributed by atoms with van der Waals surface area (Å²) in [6, 6.07) is 3.20. The van der Waals surface area contributed by atoms with Crippen LogP contribution in [-0.4, -0.2) is 33.6 Å². The molecule has 2 rings (SSSR count). The third-order valence-electron chi connectivity index (χ3n) is 3.90. The molecular formula is C13H18FNO4S2. The number of hydrogen-bond donors (Lipinski definition) is 1. The molecule has 118 valence electrons. The van der Waals surface area contributed by atoms with Gasteiger partial charge in [0.25, 0.3) is 0 Å². The predicted molar refractivity (Wildman–Crippen MR) is 78.9 cm³/mol. The van der Waals surface area contributed by atoms with Crippen LogP contribution in [0.25, 0.3) is 0 Å². The van der Waals surface area contributed by atoms with Crippen molar-refractivity contribution in [2.75, 3.05) is 12.0 Å². The van der Waals surface area contributed by atoms with Crippen LogP contribution in [0.2, 0.25) is 0 Å². The molecule has 2 atom stereocenters. The van der Waals surface area contributed by atoms with Gasteiger partial charge in [0, 0.05) is 6.26 Å². The molecule has 1 aromatic rings. The van der Waals surface area contributed by atoms with Crippen LogP contribution in [0.4, 0.5) is 10.1 Å². The summed E-state index contributed by atoms with van der Waals surface area (Å²) in [6.45, 7) is 0. The molecule has 0 spiro atoms. The Labute approximate surface area is 124 Å². The van der Waals surface area contributed by atoms with Crippen molar-refractivity contribution in [3.63, 3.8) is 0 Å². The van der Waals surface area contributed by atoms with Crippen LogP contribution >= 0.6 is 0 Å². The van der Waals surface area contributed by atoms with Gasteiger partial charge in [0.1, 0.15) is 15.7 Å². The SMILES string of the molecule is CS(=O)(=O)C1CCCC(S(=O)(=O)c2cc(F)ccc2N)C1. The van der Waals surface area contributed by atoms with Gasteiger partial charge in [0.2, 0.25) is 0 Å². The van der Waals surface area contributed by atoms with E-state index in [-0.39, 0.29) is 17.0 Å². The highest BCUT2D eigenvalue weighted by molar-refractivity contribution is 7.92. The van der Waals surface area contributed by atoms with Crippen LogP contribution in [0.1, 0.15) is 25.7 Å². The lowest BCUT2D eigenvalue weighted by atomic mass is 10.00. The van der Waals surface area contributed by atoms with Crippen LogP contribution < -0.4 is 5.73 Å². The number of hydrogen-bond acceptors (Lipinski definition) is 5. The molecule has 5 nitrogen and oxygen atoms in total. The minimum Gasteiger partial charge on any atom is -0.398 e. The molecule has 0 heterocycles. The number of nitrogen functional groups attached to an aromatic ring is 1. The largest absolute Gasteiger partial charge is 0.398 e. The maximum Gasteiger partial charge on any atom is 0.183 e. The lowest BCUT2D eigenvalue weighted by molar-refractivity contribution is 0.472. The molecule has 0 aromatic heterocycles. The second-order valence-corrected chi connectivity index (χ2v) is 9.99. The van der Waals surface area contributed by atoms with E-state index in [0.29, 0.717) is 19.3 Å². The van der Waals surface area contributed by atoms with Gasteiger partial charge in [-0.3, -0.25) is 0 Å². The highest BCUT2D eigenvalue weighted by atomic mass is 32.2. The summed E-state index contributed by atoms with van der Waals surface area (Å²) in [6.07, 6.45) is 2.49. The highest BCUT2D eigenvalue weighted by Crippen LogP contribution is 2.33. The average molecular weight is 335 g/mol. The van der Waals surface area contributed by atoms with E-state index in [1.165, 1.54) is 6.07 Å². The van der Waals surface area contributed by atoms with Gasteiger partial charge >= 0.3 is 0 Å². The average Bonchev–Trinajstić information content (AvgIpc) is 2.40. The maximum atomic E-state index is 13.3. The zero-order valence-corrected chi connectivity index (χ0v) is 13.3. The Hall–Kier alpha value is -1.15. The van der Waals surface area contributed by atoms with E-state index in [4.69, 9.17) is 5.73 Å². The van der Waals surface area contributed by atoms with Crippen molar-refractivity contribution in [2.45, 2.75) is 41.1 Å². The first-order chi connectivity index (χ1) is 9.62. The minimum absolute atomic E-state index is 0.0159. The summed E-state index contributed by atoms with van der Waals surface area (Å²) in [5.74, 6) is -0.682. The molecule has 21 heavy (non-hydrogen) atoms. The Balaban J connectivity index is 2.38. The summed E-state index contributed by atoms with van der Waals surface area (Å²) in [5.41, 5.74) is 5.62. The second-order valence-electron chi connectivity index (χ2n) is 5.47. The molecule has 0 bridgehead atoms. The Morgan fingerprint density at radius 1 is 1.14 bits per heavy atom. The van der Waals surface area contributed by atoms with Crippen molar-refractivity contribution in [1.82, 2.24) is 0 Å². The fraction of sp³-hybridized carbons (Fsp3) is 0.538. The molecule has 1 aromatic carbocycles. The molecule has 1 saturated carbocycles. The van der Waals surface area contributed by atoms with Gasteiger partial charge in [0.15, 0.2) is 9.84 Å². The minimum atomic E-state index is -3.84. The van der Waals surface area contributed by atoms with Crippen LogP contribution in [0.15, 0.2) is 23.1 Å². The molecule has 1 aliphatic carbocycles. The van der Waals surface area contributed by atoms with E-state index in [9.17, 15) is 21.2 Å². The van der Waals surface area contributed by atoms with E-state index >= 15 is 0 Å². The Morgan fingerprint density at radius 3 is 2.38 bits per heavy atom. The van der Waals surface area contributed by atoms with Gasteiger partial charge in [-0.15, -0.1) is 0 Å². The topological polar surface area (TPSA) is 94.3 Å². The quantitative estimate of drug-likeness (QED) is 0.846. The first kappa shape index (κ1) is 16.2. The predicted octanol–water partition coefficient (Wildman–Crippen LogP) is 1.54. The summed E-state index contributed by atoms with van der Waals surface area (Å²) in [4.78, 5) is -0.248. The van der Waals surface area contributed by atoms with Crippen molar-refractivity contribution < 1.29 is 21.2 Å². The monoisotopic (exact) mass is 335 g/mol. The lowest BCUT2D eigenvalue weighted by Gasteiger charge is -2.28. The van der Waals surface area contributed by atoms with Crippen LogP contribution in [-0.2, 0) is 19.7 Å². The smallest absolute Gasteiger partial charge is 0.183 e. The Morgan fingerprint density at radius 2 is 1.76 bits per heavy atom. The standard InChI is InChI=1S/C13H18FNO4S2/c1-20(16,17)10-3-2-4-11(8-10)21(18,19)13-7-9(14)5-6-12(13)15/h5-7,10-11H,2-4,8,15H2,1H3. The van der Waals surface area contributed by atoms with E-state index in [1.54, 1.807) is 0 Å². The fourth-order valence-corrected chi connectivity index (χ4v) is 6.00. The van der Waals surface area contributed by atoms with Crippen LogP contribution in [0.5, 0.6) is 0 Å². The first-order valence-corrected chi connectivity index (χ1v) is 10.1. The van der Waals surface area contributed by atoms with Crippen LogP contribution in [0, 0.1) is 5.82 Å². The number of nitrogens with two attached hydrogens (primary N) is 1. The van der Waals surface area contributed by atoms with Gasteiger partial charge in [0.05, 0.1) is 21.1 Å². The Kier molecular flexibility index (Phi) is 4.30. The molecule has 0 saturated heterocycles. The molecule has 1 fully saturated rings. The number of anilines is 1. The van der Waals surface area contributed by atoms with Crippen LogP contribution in [0.3, 0.4) is 0 Å². The molecule has 2 unspecified atom stereocenters. The van der Waals surface area contributed by atoms with E-state index < -0.39 is 36.0 Å². The molecule has 8 heteroatoms. The highest BCUT2D eigenvalue weighted by Gasteiger charge is 2.37. The molecule has 0 aliphatic heterocycles. The first-order valence-electron chi connectivity index (χ1n) is 6.60. The third kappa shape index (κ3) is 3.37. The summed E-state index contributed by atoms with van der Waals surface area (Å²) >= 11 is 0. The summed E-state index contributed by atoms with van der Waals surface area (Å²) < 4.78 is 61.8. The molecule has 2 N–H and O–H groups in total. The van der Waals surface area contributed by atoms with Gasteiger partial charge in [-0.05, 0) is 37.5 Å². The van der Waals surface area contributed by atoms with E-state index in [1.807, 2.05) is 0 Å². The van der Waals surface area contributed by atoms with Crippen molar-refractivity contribution in [1.29, 1.82) is 0 Å². The maximum absolute atomic E-state index is 13.3. The second kappa shape index (κ2) is 5.57. The van der Waals surface area contributed by atoms with Crippen molar-refractivity contribution in [2.24, 2.45) is 0 Å². The van der Waals surface area contributed by atoms with Crippen molar-refractivity contribution in [3.8, 4) is 0 Å². The zero-order valence-electron chi connectivity index (χ0n) is 11.6. The molecule has 0 radical (unpaired) electrons. The lowest BCUT2D eigenvalue weighted by Crippen LogP contribution is -2.35. The number of halogens is 1. The van der Waals surface area contributed by atoms with Gasteiger partial charge < -0.3 is 5.73 Å². The number of sulfone groups is 2. The molecular weight excluding hydrogens is 317 g/mol. The number of rotatable bonds is 3. The zero-order chi connectivity index (χ0) is 15.8. The van der Waals surface area contributed by atoms with Crippen molar-refractivity contribution in [3.05, 3.63) is 24.0 Å². The van der Waals surface area contributed by atoms with Gasteiger partial charge in [-0.25, -0.2) is 21.2 Å². The van der Waals surface area contributed by atoms with E-state index in [0.717, 1.165) is 18.4 Å². The summed E-state index contributed by atoms with van der Waals surface area (Å²) in [7, 11) is -7.13. The van der Waals surface area contributed by atoms with Gasteiger partial charge in [-0.2, -0.15) is 0 Å². The molecule has 1 aliphatic rings. The normalized spacial score (nSPS) is 23.9. The molecule has 0 amide bonds. The van der Waals surface area contributed by atoms with Gasteiger partial charge in [-0.1, -0.05) is 6.42 Å². The Bertz CT molecular complexity index is 743. The fourth-order valence-electron chi connectivity index (χ4n) is 2.71. The number of benzene rings is 1. The van der Waals surface area contributed by atoms with Crippen molar-refractivity contribution >= 4 is 25.4 Å². The summed E-state index contributed by atoms with van der Waals surface area (Å²) in [5, 5.41) is -1.50.